The van der Waals surface area contributed by atoms with Crippen LogP contribution in [0, 0.1) is 0 Å². The third-order valence-corrected chi connectivity index (χ3v) is 10.6. The summed E-state index contributed by atoms with van der Waals surface area (Å²) < 4.78 is 7.43. The molecule has 0 unspecified atom stereocenters. The molecule has 234 valence electrons. The van der Waals surface area contributed by atoms with Gasteiger partial charge in [-0.05, 0) is 50.6 Å². The molecule has 49 heavy (non-hydrogen) atoms. The van der Waals surface area contributed by atoms with Gasteiger partial charge in [-0.15, -0.1) is 0 Å². The molecule has 1 heteroatoms. The summed E-state index contributed by atoms with van der Waals surface area (Å²) in [6.07, 6.45) is 2.32. The highest BCUT2D eigenvalue weighted by molar-refractivity contribution is 5.94. The summed E-state index contributed by atoms with van der Waals surface area (Å²) in [6, 6.07) is 63.5. The highest BCUT2D eigenvalue weighted by Crippen LogP contribution is 2.62. The van der Waals surface area contributed by atoms with Gasteiger partial charge in [0.1, 0.15) is 11.5 Å². The molecule has 0 amide bonds. The standard InChI is InChI=1S/C48H36O/c1-47(2)40-28-16-15-27-38(40)44-41(47)30-31-43-46(44)49-45-35(32-39(33-18-7-3-8-19-33)34-20-9-4-10-21-34)22-17-29-42(45)48(43,36-23-11-5-12-24-36)37-25-13-6-14-26-37/h3-32H,1-2H3. The highest BCUT2D eigenvalue weighted by atomic mass is 16.5. The van der Waals surface area contributed by atoms with Gasteiger partial charge in [0.05, 0.1) is 5.41 Å². The lowest BCUT2D eigenvalue weighted by molar-refractivity contribution is 0.434. The van der Waals surface area contributed by atoms with Gasteiger partial charge in [0, 0.05) is 27.7 Å². The largest absolute Gasteiger partial charge is 0.455 e. The molecule has 0 saturated carbocycles. The van der Waals surface area contributed by atoms with Crippen LogP contribution in [0.5, 0.6) is 11.5 Å². The summed E-state index contributed by atoms with van der Waals surface area (Å²) in [5, 5.41) is 0. The molecule has 0 radical (unpaired) electrons. The lowest BCUT2D eigenvalue weighted by atomic mass is 9.62. The summed E-state index contributed by atoms with van der Waals surface area (Å²) in [5.74, 6) is 1.83. The zero-order valence-corrected chi connectivity index (χ0v) is 27.7. The molecule has 0 saturated heterocycles. The number of hydrogen-bond donors (Lipinski definition) is 0. The number of rotatable bonds is 5. The topological polar surface area (TPSA) is 9.23 Å². The van der Waals surface area contributed by atoms with E-state index in [9.17, 15) is 0 Å². The molecule has 7 aromatic rings. The molecule has 0 spiro atoms. The molecule has 1 nitrogen and oxygen atoms in total. The smallest absolute Gasteiger partial charge is 0.140 e. The Morgan fingerprint density at radius 1 is 0.449 bits per heavy atom. The fraction of sp³-hybridized carbons (Fsp3) is 0.0833. The van der Waals surface area contributed by atoms with Crippen LogP contribution < -0.4 is 4.74 Å². The molecule has 0 bridgehead atoms. The van der Waals surface area contributed by atoms with E-state index >= 15 is 0 Å². The molecule has 2 aliphatic rings. The molecule has 1 aliphatic heterocycles. The first-order chi connectivity index (χ1) is 24.1. The first-order valence-electron chi connectivity index (χ1n) is 17.1. The van der Waals surface area contributed by atoms with Gasteiger partial charge in [0.25, 0.3) is 0 Å². The third-order valence-electron chi connectivity index (χ3n) is 10.6. The summed E-state index contributed by atoms with van der Waals surface area (Å²) in [5.41, 5.74) is 13.6. The van der Waals surface area contributed by atoms with Crippen molar-refractivity contribution in [2.75, 3.05) is 0 Å². The fourth-order valence-corrected chi connectivity index (χ4v) is 8.38. The lowest BCUT2D eigenvalue weighted by Crippen LogP contribution is -2.34. The minimum atomic E-state index is -0.619. The Labute approximate surface area is 288 Å². The SMILES string of the molecule is CC1(C)c2ccccc2-c2c1ccc1c2Oc2c(C=C(c3ccccc3)c3ccccc3)cccc2C1(c1ccccc1)c1ccccc1. The maximum Gasteiger partial charge on any atom is 0.140 e. The Bertz CT molecular complexity index is 2270. The summed E-state index contributed by atoms with van der Waals surface area (Å²) in [7, 11) is 0. The number of ether oxygens (including phenoxy) is 1. The van der Waals surface area contributed by atoms with Gasteiger partial charge in [0.2, 0.25) is 0 Å². The van der Waals surface area contributed by atoms with Crippen LogP contribution in [0.1, 0.15) is 63.9 Å². The van der Waals surface area contributed by atoms with Crippen LogP contribution in [0.4, 0.5) is 0 Å². The monoisotopic (exact) mass is 628 g/mol. The Kier molecular flexibility index (Phi) is 6.78. The van der Waals surface area contributed by atoms with E-state index in [0.29, 0.717) is 0 Å². The molecular formula is C48H36O. The average molecular weight is 629 g/mol. The predicted octanol–water partition coefficient (Wildman–Crippen LogP) is 12.1. The van der Waals surface area contributed by atoms with Crippen molar-refractivity contribution in [1.82, 2.24) is 0 Å². The quantitative estimate of drug-likeness (QED) is 0.172. The summed E-state index contributed by atoms with van der Waals surface area (Å²) in [4.78, 5) is 0. The predicted molar refractivity (Wildman–Crippen MR) is 202 cm³/mol. The molecule has 1 heterocycles. The van der Waals surface area contributed by atoms with Crippen molar-refractivity contribution in [3.8, 4) is 22.6 Å². The van der Waals surface area contributed by atoms with Crippen molar-refractivity contribution in [1.29, 1.82) is 0 Å². The second-order valence-corrected chi connectivity index (χ2v) is 13.6. The second kappa shape index (κ2) is 11.4. The normalized spacial score (nSPS) is 14.4. The van der Waals surface area contributed by atoms with Gasteiger partial charge in [-0.25, -0.2) is 0 Å². The van der Waals surface area contributed by atoms with E-state index in [1.165, 1.54) is 33.4 Å². The van der Waals surface area contributed by atoms with Crippen LogP contribution in [0.15, 0.2) is 176 Å². The van der Waals surface area contributed by atoms with Crippen molar-refractivity contribution in [3.63, 3.8) is 0 Å². The Morgan fingerprint density at radius 2 is 0.939 bits per heavy atom. The summed E-state index contributed by atoms with van der Waals surface area (Å²) in [6.45, 7) is 4.67. The van der Waals surface area contributed by atoms with Gasteiger partial charge < -0.3 is 4.74 Å². The van der Waals surface area contributed by atoms with Gasteiger partial charge in [-0.2, -0.15) is 0 Å². The van der Waals surface area contributed by atoms with Crippen molar-refractivity contribution in [2.45, 2.75) is 24.7 Å². The number of fused-ring (bicyclic) bond motifs is 6. The van der Waals surface area contributed by atoms with Crippen molar-refractivity contribution in [3.05, 3.63) is 226 Å². The first-order valence-corrected chi connectivity index (χ1v) is 17.1. The lowest BCUT2D eigenvalue weighted by Gasteiger charge is -2.43. The zero-order chi connectivity index (χ0) is 33.0. The van der Waals surface area contributed by atoms with Gasteiger partial charge in [-0.3, -0.25) is 0 Å². The van der Waals surface area contributed by atoms with Gasteiger partial charge in [-0.1, -0.05) is 190 Å². The number of para-hydroxylation sites is 1. The third kappa shape index (κ3) is 4.39. The second-order valence-electron chi connectivity index (χ2n) is 13.6. The molecular weight excluding hydrogens is 593 g/mol. The molecule has 0 fully saturated rings. The van der Waals surface area contributed by atoms with Gasteiger partial charge >= 0.3 is 0 Å². The summed E-state index contributed by atoms with van der Waals surface area (Å²) >= 11 is 0. The van der Waals surface area contributed by atoms with E-state index < -0.39 is 5.41 Å². The van der Waals surface area contributed by atoms with Gasteiger partial charge in [0.15, 0.2) is 0 Å². The van der Waals surface area contributed by atoms with Crippen LogP contribution in [0.3, 0.4) is 0 Å². The van der Waals surface area contributed by atoms with E-state index in [0.717, 1.165) is 44.9 Å². The number of benzene rings is 7. The van der Waals surface area contributed by atoms with Crippen LogP contribution in [0.2, 0.25) is 0 Å². The minimum absolute atomic E-state index is 0.153. The molecule has 1 aliphatic carbocycles. The van der Waals surface area contributed by atoms with Crippen LogP contribution in [-0.2, 0) is 10.8 Å². The zero-order valence-electron chi connectivity index (χ0n) is 27.7. The molecule has 7 aromatic carbocycles. The van der Waals surface area contributed by atoms with Crippen LogP contribution in [0.25, 0.3) is 22.8 Å². The van der Waals surface area contributed by atoms with E-state index in [1.807, 2.05) is 0 Å². The Balaban J connectivity index is 1.41. The van der Waals surface area contributed by atoms with E-state index in [2.05, 4.69) is 196 Å². The maximum absolute atomic E-state index is 7.43. The molecule has 0 atom stereocenters. The first kappa shape index (κ1) is 29.2. The fourth-order valence-electron chi connectivity index (χ4n) is 8.38. The Morgan fingerprint density at radius 3 is 1.55 bits per heavy atom. The van der Waals surface area contributed by atoms with Crippen LogP contribution in [-0.4, -0.2) is 0 Å². The minimum Gasteiger partial charge on any atom is -0.455 e. The average Bonchev–Trinajstić information content (AvgIpc) is 3.40. The highest BCUT2D eigenvalue weighted by Gasteiger charge is 2.49. The van der Waals surface area contributed by atoms with E-state index in [4.69, 9.17) is 4.74 Å². The van der Waals surface area contributed by atoms with Crippen LogP contribution >= 0.6 is 0 Å². The van der Waals surface area contributed by atoms with E-state index in [-0.39, 0.29) is 5.41 Å². The van der Waals surface area contributed by atoms with Crippen molar-refractivity contribution < 1.29 is 4.74 Å². The maximum atomic E-state index is 7.43. The van der Waals surface area contributed by atoms with Crippen molar-refractivity contribution in [2.24, 2.45) is 0 Å². The Hall–Kier alpha value is -5.92. The number of hydrogen-bond acceptors (Lipinski definition) is 1. The molecule has 0 N–H and O–H groups in total. The van der Waals surface area contributed by atoms with E-state index in [1.54, 1.807) is 0 Å². The molecule has 9 rings (SSSR count). The van der Waals surface area contributed by atoms with Crippen molar-refractivity contribution >= 4 is 11.6 Å². The molecule has 0 aromatic heterocycles.